The van der Waals surface area contributed by atoms with Crippen molar-refractivity contribution in [2.75, 3.05) is 0 Å². The molecule has 4 nitrogen and oxygen atoms in total. The minimum atomic E-state index is -0.485. The van der Waals surface area contributed by atoms with Gasteiger partial charge in [-0.3, -0.25) is 4.79 Å². The summed E-state index contributed by atoms with van der Waals surface area (Å²) in [7, 11) is 0. The molecule has 1 aromatic rings. The van der Waals surface area contributed by atoms with E-state index in [9.17, 15) is 9.59 Å². The first-order chi connectivity index (χ1) is 11.4. The Labute approximate surface area is 142 Å². The van der Waals surface area contributed by atoms with Gasteiger partial charge in [0, 0.05) is 11.5 Å². The second kappa shape index (κ2) is 4.95. The summed E-state index contributed by atoms with van der Waals surface area (Å²) in [6.07, 6.45) is 4.69. The van der Waals surface area contributed by atoms with Gasteiger partial charge in [0.25, 0.3) is 5.91 Å². The zero-order valence-electron chi connectivity index (χ0n) is 14.4. The number of nitrogens with zero attached hydrogens (tertiary/aromatic N) is 1. The molecule has 1 aliphatic heterocycles. The minimum Gasteiger partial charge on any atom is -0.443 e. The summed E-state index contributed by atoms with van der Waals surface area (Å²) in [5.74, 6) is 0.0383. The van der Waals surface area contributed by atoms with Gasteiger partial charge in [0.15, 0.2) is 0 Å². The van der Waals surface area contributed by atoms with Gasteiger partial charge < -0.3 is 4.74 Å². The van der Waals surface area contributed by atoms with E-state index in [2.05, 4.69) is 20.8 Å². The highest BCUT2D eigenvalue weighted by atomic mass is 16.6. The molecular formula is C20H23NO3. The van der Waals surface area contributed by atoms with Crippen molar-refractivity contribution < 1.29 is 14.3 Å². The lowest BCUT2D eigenvalue weighted by Gasteiger charge is -2.36. The zero-order chi connectivity index (χ0) is 17.1. The van der Waals surface area contributed by atoms with Crippen LogP contribution in [0.1, 0.15) is 39.2 Å². The lowest BCUT2D eigenvalue weighted by atomic mass is 9.70. The topological polar surface area (TPSA) is 46.6 Å². The largest absolute Gasteiger partial charge is 0.443 e. The maximum Gasteiger partial charge on any atom is 0.417 e. The molecule has 4 rings (SSSR count). The average molecular weight is 325 g/mol. The summed E-state index contributed by atoms with van der Waals surface area (Å²) in [6.45, 7) is 6.71. The first-order valence-electron chi connectivity index (χ1n) is 8.63. The molecule has 2 amide bonds. The fourth-order valence-electron chi connectivity index (χ4n) is 5.11. The number of imide groups is 1. The fraction of sp³-hybridized carbons (Fsp3) is 0.500. The second-order valence-corrected chi connectivity index (χ2v) is 8.03. The van der Waals surface area contributed by atoms with Crippen LogP contribution in [0.25, 0.3) is 6.08 Å². The monoisotopic (exact) mass is 325 g/mol. The Hall–Kier alpha value is -2.10. The van der Waals surface area contributed by atoms with Gasteiger partial charge in [-0.25, -0.2) is 9.69 Å². The molecule has 1 saturated heterocycles. The molecule has 126 valence electrons. The van der Waals surface area contributed by atoms with Crippen molar-refractivity contribution in [2.45, 2.75) is 45.8 Å². The molecule has 3 fully saturated rings. The Morgan fingerprint density at radius 1 is 1.25 bits per heavy atom. The van der Waals surface area contributed by atoms with Crippen molar-refractivity contribution in [3.05, 3.63) is 42.0 Å². The van der Waals surface area contributed by atoms with E-state index in [0.29, 0.717) is 5.92 Å². The number of carbonyl (C=O) groups is 2. The highest BCUT2D eigenvalue weighted by Crippen LogP contribution is 2.68. The molecule has 0 radical (unpaired) electrons. The van der Waals surface area contributed by atoms with Crippen molar-refractivity contribution in [2.24, 2.45) is 16.7 Å². The van der Waals surface area contributed by atoms with E-state index in [1.54, 1.807) is 6.08 Å². The first-order valence-corrected chi connectivity index (χ1v) is 8.63. The van der Waals surface area contributed by atoms with E-state index >= 15 is 0 Å². The molecule has 0 spiro atoms. The molecule has 1 aromatic carbocycles. The van der Waals surface area contributed by atoms with Gasteiger partial charge in [-0.15, -0.1) is 0 Å². The van der Waals surface area contributed by atoms with Crippen LogP contribution in [0, 0.1) is 16.7 Å². The van der Waals surface area contributed by atoms with Crippen molar-refractivity contribution in [3.8, 4) is 0 Å². The first kappa shape index (κ1) is 15.4. The summed E-state index contributed by atoms with van der Waals surface area (Å²) in [5.41, 5.74) is 0.969. The van der Waals surface area contributed by atoms with Crippen molar-refractivity contribution in [1.29, 1.82) is 0 Å². The van der Waals surface area contributed by atoms with Crippen LogP contribution >= 0.6 is 0 Å². The zero-order valence-corrected chi connectivity index (χ0v) is 14.4. The number of fused-ring (bicyclic) bond motifs is 5. The lowest BCUT2D eigenvalue weighted by Crippen LogP contribution is -2.45. The van der Waals surface area contributed by atoms with Crippen molar-refractivity contribution in [1.82, 2.24) is 4.90 Å². The maximum absolute atomic E-state index is 12.7. The number of hydrogen-bond donors (Lipinski definition) is 0. The lowest BCUT2D eigenvalue weighted by molar-refractivity contribution is -0.125. The van der Waals surface area contributed by atoms with E-state index in [0.717, 1.165) is 18.4 Å². The summed E-state index contributed by atoms with van der Waals surface area (Å²) in [5, 5.41) is 0. The van der Waals surface area contributed by atoms with Gasteiger partial charge >= 0.3 is 6.09 Å². The van der Waals surface area contributed by atoms with Crippen molar-refractivity contribution in [3.63, 3.8) is 0 Å². The van der Waals surface area contributed by atoms with Crippen molar-refractivity contribution >= 4 is 18.1 Å². The molecule has 0 aromatic heterocycles. The number of hydrogen-bond acceptors (Lipinski definition) is 3. The van der Waals surface area contributed by atoms with Crippen LogP contribution in [-0.2, 0) is 9.53 Å². The Kier molecular flexibility index (Phi) is 3.18. The average Bonchev–Trinajstić information content (AvgIpc) is 3.07. The van der Waals surface area contributed by atoms with E-state index in [4.69, 9.17) is 4.74 Å². The van der Waals surface area contributed by atoms with Gasteiger partial charge in [0.2, 0.25) is 0 Å². The second-order valence-electron chi connectivity index (χ2n) is 8.03. The molecule has 0 N–H and O–H groups in total. The van der Waals surface area contributed by atoms with Gasteiger partial charge in [-0.2, -0.15) is 0 Å². The number of rotatable bonds is 2. The number of benzene rings is 1. The third-order valence-electron chi connectivity index (χ3n) is 6.90. The molecule has 0 unspecified atom stereocenters. The van der Waals surface area contributed by atoms with Gasteiger partial charge in [0.05, 0.1) is 6.04 Å². The molecular weight excluding hydrogens is 302 g/mol. The Morgan fingerprint density at radius 3 is 2.67 bits per heavy atom. The summed E-state index contributed by atoms with van der Waals surface area (Å²) >= 11 is 0. The molecule has 1 heterocycles. The summed E-state index contributed by atoms with van der Waals surface area (Å²) < 4.78 is 5.68. The molecule has 4 heteroatoms. The molecule has 2 saturated carbocycles. The van der Waals surface area contributed by atoms with Crippen LogP contribution in [0.4, 0.5) is 4.79 Å². The predicted octanol–water partition coefficient (Wildman–Crippen LogP) is 3.87. The normalized spacial score (nSPS) is 36.2. The van der Waals surface area contributed by atoms with Crippen LogP contribution in [-0.4, -0.2) is 29.0 Å². The van der Waals surface area contributed by atoms with Crippen LogP contribution in [0.5, 0.6) is 0 Å². The fourth-order valence-corrected chi connectivity index (χ4v) is 5.11. The third kappa shape index (κ3) is 1.86. The van der Waals surface area contributed by atoms with E-state index in [1.807, 2.05) is 30.3 Å². The number of ether oxygens (including phenoxy) is 1. The van der Waals surface area contributed by atoms with Gasteiger partial charge in [-0.1, -0.05) is 51.1 Å². The van der Waals surface area contributed by atoms with E-state index in [1.165, 1.54) is 11.0 Å². The number of carbonyl (C=O) groups excluding carboxylic acids is 2. The molecule has 24 heavy (non-hydrogen) atoms. The van der Waals surface area contributed by atoms with Crippen LogP contribution in [0.15, 0.2) is 36.4 Å². The van der Waals surface area contributed by atoms with E-state index in [-0.39, 0.29) is 28.9 Å². The third-order valence-corrected chi connectivity index (χ3v) is 6.90. The Bertz CT molecular complexity index is 724. The Balaban J connectivity index is 1.62. The predicted molar refractivity (Wildman–Crippen MR) is 91.0 cm³/mol. The van der Waals surface area contributed by atoms with Gasteiger partial charge in [-0.05, 0) is 35.8 Å². The highest BCUT2D eigenvalue weighted by Gasteiger charge is 2.72. The molecule has 3 aliphatic rings. The van der Waals surface area contributed by atoms with E-state index < -0.39 is 6.09 Å². The summed E-state index contributed by atoms with van der Waals surface area (Å²) in [6, 6.07) is 9.50. The van der Waals surface area contributed by atoms with Crippen LogP contribution < -0.4 is 0 Å². The highest BCUT2D eigenvalue weighted by molar-refractivity contribution is 6.02. The standard InChI is InChI=1S/C20H23NO3/c1-19(2)14-11-12-20(19,3)17-16(14)21(18(23)24-17)15(22)10-9-13-7-5-4-6-8-13/h4-10,14,16-17H,11-12H2,1-3H3/b10-9+/t14-,16+,17+,20+/m1/s1. The van der Waals surface area contributed by atoms with Gasteiger partial charge in [0.1, 0.15) is 6.10 Å². The molecule has 2 aliphatic carbocycles. The van der Waals surface area contributed by atoms with Crippen LogP contribution in [0.3, 0.4) is 0 Å². The molecule has 4 atom stereocenters. The summed E-state index contributed by atoms with van der Waals surface area (Å²) in [4.78, 5) is 26.4. The smallest absolute Gasteiger partial charge is 0.417 e. The molecule has 2 bridgehead atoms. The SMILES string of the molecule is CC1(C)[C@@H]2CC[C@@]1(C)[C@H]1OC(=O)N(C(=O)/C=C/c3ccccc3)[C@@H]21. The quantitative estimate of drug-likeness (QED) is 0.775. The van der Waals surface area contributed by atoms with Crippen LogP contribution in [0.2, 0.25) is 0 Å². The maximum atomic E-state index is 12.7. The Morgan fingerprint density at radius 2 is 1.96 bits per heavy atom. The number of amides is 2. The minimum absolute atomic E-state index is 0.0455.